The average Bonchev–Trinajstić information content (AvgIpc) is 3.09. The quantitative estimate of drug-likeness (QED) is 0.898. The number of hydrogen-bond acceptors (Lipinski definition) is 5. The van der Waals surface area contributed by atoms with Crippen LogP contribution in [0.5, 0.6) is 0 Å². The Kier molecular flexibility index (Phi) is 4.42. The number of rotatable bonds is 5. The van der Waals surface area contributed by atoms with Crippen LogP contribution < -0.4 is 5.32 Å². The van der Waals surface area contributed by atoms with Crippen LogP contribution >= 0.6 is 0 Å². The Hall–Kier alpha value is -2.57. The van der Waals surface area contributed by atoms with E-state index in [0.29, 0.717) is 23.6 Å². The zero-order valence-corrected chi connectivity index (χ0v) is 12.1. The molecule has 2 aromatic rings. The largest absolute Gasteiger partial charge is 0.472 e. The fourth-order valence-corrected chi connectivity index (χ4v) is 1.88. The minimum absolute atomic E-state index is 0.215. The maximum atomic E-state index is 12.2. The van der Waals surface area contributed by atoms with Crippen LogP contribution in [0.3, 0.4) is 0 Å². The van der Waals surface area contributed by atoms with Gasteiger partial charge in [0.15, 0.2) is 0 Å². The third-order valence-corrected chi connectivity index (χ3v) is 2.95. The second kappa shape index (κ2) is 6.25. The van der Waals surface area contributed by atoms with Crippen LogP contribution in [-0.2, 0) is 11.3 Å². The van der Waals surface area contributed by atoms with E-state index in [1.165, 1.54) is 23.5 Å². The zero-order chi connectivity index (χ0) is 15.4. The van der Waals surface area contributed by atoms with E-state index in [2.05, 4.69) is 10.5 Å². The molecule has 2 heterocycles. The molecule has 0 aromatic carbocycles. The van der Waals surface area contributed by atoms with Crippen LogP contribution in [-0.4, -0.2) is 35.0 Å². The molecule has 2 amide bonds. The molecule has 1 N–H and O–H groups in total. The zero-order valence-electron chi connectivity index (χ0n) is 12.1. The van der Waals surface area contributed by atoms with Crippen LogP contribution in [0.4, 0.5) is 0 Å². The molecule has 0 fully saturated rings. The van der Waals surface area contributed by atoms with Crippen LogP contribution in [0.25, 0.3) is 0 Å². The summed E-state index contributed by atoms with van der Waals surface area (Å²) >= 11 is 0. The number of carbonyl (C=O) groups is 2. The highest BCUT2D eigenvalue weighted by atomic mass is 16.5. The van der Waals surface area contributed by atoms with Crippen molar-refractivity contribution in [3.63, 3.8) is 0 Å². The van der Waals surface area contributed by atoms with Crippen LogP contribution in [0.1, 0.15) is 28.7 Å². The van der Waals surface area contributed by atoms with Gasteiger partial charge in [-0.2, -0.15) is 0 Å². The van der Waals surface area contributed by atoms with E-state index in [0.717, 1.165) is 0 Å². The first-order valence-electron chi connectivity index (χ1n) is 6.47. The lowest BCUT2D eigenvalue weighted by molar-refractivity contribution is -0.132. The molecule has 21 heavy (non-hydrogen) atoms. The highest BCUT2D eigenvalue weighted by Gasteiger charge is 2.21. The topological polar surface area (TPSA) is 88.6 Å². The fourth-order valence-electron chi connectivity index (χ4n) is 1.88. The molecule has 0 unspecified atom stereocenters. The normalized spacial score (nSPS) is 12.0. The van der Waals surface area contributed by atoms with Crippen LogP contribution in [0.15, 0.2) is 33.6 Å². The Morgan fingerprint density at radius 1 is 1.48 bits per heavy atom. The van der Waals surface area contributed by atoms with Gasteiger partial charge in [-0.3, -0.25) is 9.59 Å². The second-order valence-electron chi connectivity index (χ2n) is 4.83. The SMILES string of the molecule is Cc1cc(CN(C)C(=O)[C@H](C)NC(=O)c2ccoc2)no1. The highest BCUT2D eigenvalue weighted by Crippen LogP contribution is 2.06. The highest BCUT2D eigenvalue weighted by molar-refractivity contribution is 5.97. The van der Waals surface area contributed by atoms with E-state index in [1.807, 2.05) is 0 Å². The summed E-state index contributed by atoms with van der Waals surface area (Å²) in [5, 5.41) is 6.45. The molecule has 7 nitrogen and oxygen atoms in total. The van der Waals surface area contributed by atoms with Gasteiger partial charge in [-0.15, -0.1) is 0 Å². The third-order valence-electron chi connectivity index (χ3n) is 2.95. The summed E-state index contributed by atoms with van der Waals surface area (Å²) in [5.41, 5.74) is 1.04. The molecule has 2 rings (SSSR count). The Labute approximate surface area is 121 Å². The van der Waals surface area contributed by atoms with E-state index in [4.69, 9.17) is 8.94 Å². The molecule has 0 aliphatic rings. The lowest BCUT2D eigenvalue weighted by Gasteiger charge is -2.20. The van der Waals surface area contributed by atoms with Crippen molar-refractivity contribution < 1.29 is 18.5 Å². The molecule has 0 spiro atoms. The molecule has 112 valence electrons. The minimum atomic E-state index is -0.648. The molecule has 0 bridgehead atoms. The summed E-state index contributed by atoms with van der Waals surface area (Å²) < 4.78 is 9.78. The lowest BCUT2D eigenvalue weighted by atomic mass is 10.2. The molecular weight excluding hydrogens is 274 g/mol. The van der Waals surface area contributed by atoms with Crippen molar-refractivity contribution >= 4 is 11.8 Å². The van der Waals surface area contributed by atoms with Crippen molar-refractivity contribution in [2.24, 2.45) is 0 Å². The van der Waals surface area contributed by atoms with E-state index in [1.54, 1.807) is 27.0 Å². The Bertz CT molecular complexity index is 618. The van der Waals surface area contributed by atoms with Crippen LogP contribution in [0, 0.1) is 6.92 Å². The lowest BCUT2D eigenvalue weighted by Crippen LogP contribution is -2.45. The van der Waals surface area contributed by atoms with Crippen molar-refractivity contribution in [3.8, 4) is 0 Å². The Morgan fingerprint density at radius 3 is 2.81 bits per heavy atom. The predicted octanol–water partition coefficient (Wildman–Crippen LogP) is 1.35. The van der Waals surface area contributed by atoms with E-state index < -0.39 is 6.04 Å². The van der Waals surface area contributed by atoms with Crippen molar-refractivity contribution in [2.75, 3.05) is 7.05 Å². The molecule has 1 atom stereocenters. The number of hydrogen-bond donors (Lipinski definition) is 1. The summed E-state index contributed by atoms with van der Waals surface area (Å²) in [6, 6.07) is 2.65. The number of nitrogens with one attached hydrogen (secondary N) is 1. The summed E-state index contributed by atoms with van der Waals surface area (Å²) in [6.07, 6.45) is 2.73. The summed E-state index contributed by atoms with van der Waals surface area (Å²) in [6.45, 7) is 3.74. The molecule has 0 radical (unpaired) electrons. The van der Waals surface area contributed by atoms with Crippen molar-refractivity contribution in [1.82, 2.24) is 15.4 Å². The molecule has 0 saturated heterocycles. The number of nitrogens with zero attached hydrogens (tertiary/aromatic N) is 2. The molecule has 0 aliphatic carbocycles. The van der Waals surface area contributed by atoms with Crippen molar-refractivity contribution in [3.05, 3.63) is 41.7 Å². The second-order valence-corrected chi connectivity index (χ2v) is 4.83. The number of aromatic nitrogens is 1. The number of furan rings is 1. The molecule has 0 saturated carbocycles. The third kappa shape index (κ3) is 3.71. The summed E-state index contributed by atoms with van der Waals surface area (Å²) in [5.74, 6) is 0.120. The predicted molar refractivity (Wildman–Crippen MR) is 73.4 cm³/mol. The number of carbonyl (C=O) groups excluding carboxylic acids is 2. The maximum Gasteiger partial charge on any atom is 0.255 e. The first-order chi connectivity index (χ1) is 9.97. The minimum Gasteiger partial charge on any atom is -0.472 e. The summed E-state index contributed by atoms with van der Waals surface area (Å²) in [7, 11) is 1.65. The molecule has 0 aliphatic heterocycles. The number of likely N-dealkylation sites (N-methyl/N-ethyl adjacent to an activating group) is 1. The van der Waals surface area contributed by atoms with Gasteiger partial charge in [0.2, 0.25) is 5.91 Å². The standard InChI is InChI=1S/C14H17N3O4/c1-9-6-12(16-21-9)7-17(3)14(19)10(2)15-13(18)11-4-5-20-8-11/h4-6,8,10H,7H2,1-3H3,(H,15,18)/t10-/m0/s1. The molecule has 2 aromatic heterocycles. The Morgan fingerprint density at radius 2 is 2.24 bits per heavy atom. The van der Waals surface area contributed by atoms with Crippen molar-refractivity contribution in [1.29, 1.82) is 0 Å². The van der Waals surface area contributed by atoms with Gasteiger partial charge in [0.1, 0.15) is 23.8 Å². The molecular formula is C14H17N3O4. The van der Waals surface area contributed by atoms with E-state index >= 15 is 0 Å². The maximum absolute atomic E-state index is 12.2. The fraction of sp³-hybridized carbons (Fsp3) is 0.357. The average molecular weight is 291 g/mol. The van der Waals surface area contributed by atoms with Gasteiger partial charge in [0.05, 0.1) is 18.4 Å². The number of amides is 2. The van der Waals surface area contributed by atoms with Gasteiger partial charge in [-0.25, -0.2) is 0 Å². The first kappa shape index (κ1) is 14.8. The van der Waals surface area contributed by atoms with Gasteiger partial charge < -0.3 is 19.2 Å². The van der Waals surface area contributed by atoms with Gasteiger partial charge in [-0.05, 0) is 19.9 Å². The van der Waals surface area contributed by atoms with Gasteiger partial charge in [0.25, 0.3) is 5.91 Å². The smallest absolute Gasteiger partial charge is 0.255 e. The monoisotopic (exact) mass is 291 g/mol. The molecule has 7 heteroatoms. The van der Waals surface area contributed by atoms with Gasteiger partial charge in [0, 0.05) is 13.1 Å². The number of aryl methyl sites for hydroxylation is 1. The van der Waals surface area contributed by atoms with Crippen LogP contribution in [0.2, 0.25) is 0 Å². The van der Waals surface area contributed by atoms with E-state index in [9.17, 15) is 9.59 Å². The van der Waals surface area contributed by atoms with Crippen molar-refractivity contribution in [2.45, 2.75) is 26.4 Å². The summed E-state index contributed by atoms with van der Waals surface area (Å²) in [4.78, 5) is 25.5. The Balaban J connectivity index is 1.90. The van der Waals surface area contributed by atoms with Gasteiger partial charge >= 0.3 is 0 Å². The first-order valence-corrected chi connectivity index (χ1v) is 6.47. The van der Waals surface area contributed by atoms with E-state index in [-0.39, 0.29) is 11.8 Å². The van der Waals surface area contributed by atoms with Gasteiger partial charge in [-0.1, -0.05) is 5.16 Å².